The van der Waals surface area contributed by atoms with Crippen LogP contribution in [-0.4, -0.2) is 29.1 Å². The average Bonchev–Trinajstić information content (AvgIpc) is 3.13. The Labute approximate surface area is 168 Å². The first-order chi connectivity index (χ1) is 13.9. The van der Waals surface area contributed by atoms with Crippen LogP contribution in [0.3, 0.4) is 0 Å². The molecule has 29 heavy (non-hydrogen) atoms. The molecule has 1 heterocycles. The van der Waals surface area contributed by atoms with Gasteiger partial charge in [-0.15, -0.1) is 0 Å². The molecule has 0 fully saturated rings. The summed E-state index contributed by atoms with van der Waals surface area (Å²) in [7, 11) is 1.30. The Hall–Kier alpha value is -4.00. The Morgan fingerprint density at radius 3 is 2.52 bits per heavy atom. The van der Waals surface area contributed by atoms with Gasteiger partial charge in [0, 0.05) is 6.54 Å². The predicted octanol–water partition coefficient (Wildman–Crippen LogP) is 3.90. The van der Waals surface area contributed by atoms with Gasteiger partial charge in [-0.05, 0) is 35.0 Å². The molecule has 0 saturated heterocycles. The lowest BCUT2D eigenvalue weighted by Gasteiger charge is -2.19. The maximum Gasteiger partial charge on any atom is 0.354 e. The van der Waals surface area contributed by atoms with Crippen molar-refractivity contribution in [2.24, 2.45) is 0 Å². The van der Waals surface area contributed by atoms with Gasteiger partial charge >= 0.3 is 11.9 Å². The number of methoxy groups -OCH3 is 1. The number of aromatic carboxylic acids is 1. The van der Waals surface area contributed by atoms with Crippen molar-refractivity contribution in [1.29, 1.82) is 0 Å². The van der Waals surface area contributed by atoms with Crippen molar-refractivity contribution in [2.75, 3.05) is 17.7 Å². The van der Waals surface area contributed by atoms with Crippen LogP contribution >= 0.6 is 0 Å². The Balaban J connectivity index is 1.84. The number of ether oxygens (including phenoxy) is 1. The molecule has 7 heteroatoms. The van der Waals surface area contributed by atoms with E-state index in [1.54, 1.807) is 29.3 Å². The number of nitrogens with two attached hydrogens (primary N) is 1. The molecule has 0 bridgehead atoms. The van der Waals surface area contributed by atoms with Crippen molar-refractivity contribution in [3.8, 4) is 11.1 Å². The third-order valence-electron chi connectivity index (χ3n) is 4.51. The van der Waals surface area contributed by atoms with Crippen molar-refractivity contribution < 1.29 is 19.4 Å². The number of carboxylic acid groups (broad SMARTS) is 1. The minimum Gasteiger partial charge on any atom is -0.478 e. The van der Waals surface area contributed by atoms with Gasteiger partial charge in [-0.3, -0.25) is 0 Å². The van der Waals surface area contributed by atoms with Gasteiger partial charge in [0.05, 0.1) is 18.4 Å². The molecular weight excluding hydrogens is 370 g/mol. The van der Waals surface area contributed by atoms with Gasteiger partial charge < -0.3 is 25.5 Å². The molecule has 0 aliphatic rings. The van der Waals surface area contributed by atoms with Gasteiger partial charge in [-0.25, -0.2) is 9.59 Å². The number of nitrogens with one attached hydrogen (secondary N) is 1. The number of carbonyl (C=O) groups is 2. The first-order valence-electron chi connectivity index (χ1n) is 8.82. The topological polar surface area (TPSA) is 109 Å². The van der Waals surface area contributed by atoms with Gasteiger partial charge in [-0.1, -0.05) is 49.0 Å². The fraction of sp³-hybridized carbons (Fsp3) is 0.0909. The number of hydrogen-bond donors (Lipinski definition) is 3. The van der Waals surface area contributed by atoms with E-state index in [1.165, 1.54) is 13.2 Å². The van der Waals surface area contributed by atoms with E-state index in [1.807, 2.05) is 30.3 Å². The van der Waals surface area contributed by atoms with Crippen LogP contribution in [0, 0.1) is 0 Å². The molecule has 148 valence electrons. The monoisotopic (exact) mass is 391 g/mol. The number of aromatic nitrogens is 1. The summed E-state index contributed by atoms with van der Waals surface area (Å²) in [6.45, 7) is 4.27. The van der Waals surface area contributed by atoms with E-state index < -0.39 is 11.9 Å². The highest BCUT2D eigenvalue weighted by molar-refractivity contribution is 5.96. The second kappa shape index (κ2) is 8.35. The van der Waals surface area contributed by atoms with Crippen LogP contribution in [0.1, 0.15) is 26.4 Å². The van der Waals surface area contributed by atoms with Crippen LogP contribution < -0.4 is 10.6 Å². The lowest BCUT2D eigenvalue weighted by Crippen LogP contribution is -2.16. The predicted molar refractivity (Wildman–Crippen MR) is 112 cm³/mol. The van der Waals surface area contributed by atoms with E-state index in [9.17, 15) is 14.7 Å². The molecule has 0 aliphatic heterocycles. The number of rotatable bonds is 7. The van der Waals surface area contributed by atoms with E-state index in [4.69, 9.17) is 10.5 Å². The van der Waals surface area contributed by atoms with Crippen LogP contribution in [0.15, 0.2) is 67.4 Å². The lowest BCUT2D eigenvalue weighted by molar-refractivity contribution is 0.0594. The molecule has 3 aromatic rings. The summed E-state index contributed by atoms with van der Waals surface area (Å²) >= 11 is 0. The smallest absolute Gasteiger partial charge is 0.354 e. The van der Waals surface area contributed by atoms with Crippen molar-refractivity contribution in [3.05, 3.63) is 84.2 Å². The van der Waals surface area contributed by atoms with E-state index in [0.29, 0.717) is 23.6 Å². The maximum absolute atomic E-state index is 11.7. The Morgan fingerprint density at radius 2 is 1.90 bits per heavy atom. The zero-order chi connectivity index (χ0) is 21.0. The number of H-pyrrole nitrogens is 1. The molecule has 3 rings (SSSR count). The molecule has 2 aromatic carbocycles. The lowest BCUT2D eigenvalue weighted by atomic mass is 9.98. The van der Waals surface area contributed by atoms with E-state index in [2.05, 4.69) is 11.6 Å². The van der Waals surface area contributed by atoms with Crippen LogP contribution in [0.4, 0.5) is 11.5 Å². The highest BCUT2D eigenvalue weighted by Crippen LogP contribution is 2.27. The van der Waals surface area contributed by atoms with Crippen LogP contribution in [0.5, 0.6) is 0 Å². The first-order valence-corrected chi connectivity index (χ1v) is 8.82. The summed E-state index contributed by atoms with van der Waals surface area (Å²) in [5, 5.41) is 9.38. The molecule has 0 atom stereocenters. The standard InChI is InChI=1S/C22H21N3O4/c1-3-25(20-18(23)12-19(24-20)22(28)29-2)13-14-8-10-15(11-9-14)16-6-4-5-7-17(16)21(26)27/h3-12,24H,1,13,23H2,2H3,(H,26,27). The number of benzene rings is 2. The number of nitrogens with zero attached hydrogens (tertiary/aromatic N) is 1. The molecule has 1 aromatic heterocycles. The van der Waals surface area contributed by atoms with Crippen molar-refractivity contribution in [1.82, 2.24) is 4.98 Å². The minimum absolute atomic E-state index is 0.252. The van der Waals surface area contributed by atoms with Gasteiger partial charge in [0.15, 0.2) is 0 Å². The summed E-state index contributed by atoms with van der Waals surface area (Å²) in [6, 6.07) is 15.9. The second-order valence-corrected chi connectivity index (χ2v) is 6.34. The number of hydrogen-bond acceptors (Lipinski definition) is 5. The number of esters is 1. The first kappa shape index (κ1) is 19.8. The van der Waals surface area contributed by atoms with Crippen LogP contribution in [-0.2, 0) is 11.3 Å². The van der Waals surface area contributed by atoms with Crippen molar-refractivity contribution in [2.45, 2.75) is 6.54 Å². The number of anilines is 2. The zero-order valence-electron chi connectivity index (χ0n) is 15.9. The summed E-state index contributed by atoms with van der Waals surface area (Å²) in [5.41, 5.74) is 9.35. The SMILES string of the molecule is C=CN(Cc1ccc(-c2ccccc2C(=O)O)cc1)c1[nH]c(C(=O)OC)cc1N. The third kappa shape index (κ3) is 4.14. The normalized spacial score (nSPS) is 10.4. The van der Waals surface area contributed by atoms with Crippen molar-refractivity contribution >= 4 is 23.4 Å². The van der Waals surface area contributed by atoms with E-state index in [-0.39, 0.29) is 11.3 Å². The largest absolute Gasteiger partial charge is 0.478 e. The summed E-state index contributed by atoms with van der Waals surface area (Å²) in [4.78, 5) is 27.9. The quantitative estimate of drug-likeness (QED) is 0.527. The number of carboxylic acids is 1. The molecule has 0 aliphatic carbocycles. The second-order valence-electron chi connectivity index (χ2n) is 6.34. The molecular formula is C22H21N3O4. The van der Waals surface area contributed by atoms with Crippen LogP contribution in [0.2, 0.25) is 0 Å². The highest BCUT2D eigenvalue weighted by atomic mass is 16.5. The fourth-order valence-electron chi connectivity index (χ4n) is 3.06. The number of carbonyl (C=O) groups excluding carboxylic acids is 1. The van der Waals surface area contributed by atoms with Gasteiger partial charge in [0.2, 0.25) is 0 Å². The molecule has 0 saturated carbocycles. The molecule has 0 spiro atoms. The fourth-order valence-corrected chi connectivity index (χ4v) is 3.06. The minimum atomic E-state index is -0.967. The van der Waals surface area contributed by atoms with Crippen LogP contribution in [0.25, 0.3) is 11.1 Å². The molecule has 0 radical (unpaired) electrons. The highest BCUT2D eigenvalue weighted by Gasteiger charge is 2.16. The molecule has 4 N–H and O–H groups in total. The molecule has 7 nitrogen and oxygen atoms in total. The summed E-state index contributed by atoms with van der Waals surface area (Å²) < 4.78 is 4.71. The zero-order valence-corrected chi connectivity index (χ0v) is 15.9. The Morgan fingerprint density at radius 1 is 1.21 bits per heavy atom. The van der Waals surface area contributed by atoms with Gasteiger partial charge in [-0.2, -0.15) is 0 Å². The molecule has 0 amide bonds. The van der Waals surface area contributed by atoms with Gasteiger partial charge in [0.25, 0.3) is 0 Å². The Bertz CT molecular complexity index is 1050. The average molecular weight is 391 g/mol. The van der Waals surface area contributed by atoms with E-state index in [0.717, 1.165) is 11.1 Å². The van der Waals surface area contributed by atoms with Gasteiger partial charge in [0.1, 0.15) is 11.5 Å². The maximum atomic E-state index is 11.7. The van der Waals surface area contributed by atoms with Crippen molar-refractivity contribution in [3.63, 3.8) is 0 Å². The molecule has 0 unspecified atom stereocenters. The number of nitrogen functional groups attached to an aromatic ring is 1. The third-order valence-corrected chi connectivity index (χ3v) is 4.51. The Kier molecular flexibility index (Phi) is 5.69. The number of aromatic amines is 1. The van der Waals surface area contributed by atoms with E-state index >= 15 is 0 Å². The summed E-state index contributed by atoms with van der Waals surface area (Å²) in [5.74, 6) is -0.930. The summed E-state index contributed by atoms with van der Waals surface area (Å²) in [6.07, 6.45) is 1.61.